The normalized spacial score (nSPS) is 38.2. The summed E-state index contributed by atoms with van der Waals surface area (Å²) in [6, 6.07) is 0.720. The molecule has 2 aliphatic rings. The van der Waals surface area contributed by atoms with Crippen LogP contribution in [0.5, 0.6) is 0 Å². The summed E-state index contributed by atoms with van der Waals surface area (Å²) < 4.78 is 0. The highest BCUT2D eigenvalue weighted by molar-refractivity contribution is 4.86. The van der Waals surface area contributed by atoms with Crippen LogP contribution in [0.1, 0.15) is 39.0 Å². The van der Waals surface area contributed by atoms with E-state index in [1.54, 1.807) is 0 Å². The molecule has 4 unspecified atom stereocenters. The molecular formula is C15H30N2O. The summed E-state index contributed by atoms with van der Waals surface area (Å²) in [6.45, 7) is 6.47. The molecule has 3 nitrogen and oxygen atoms in total. The zero-order valence-electron chi connectivity index (χ0n) is 12.1. The fourth-order valence-corrected chi connectivity index (χ4v) is 3.91. The van der Waals surface area contributed by atoms with Crippen LogP contribution in [0.15, 0.2) is 0 Å². The van der Waals surface area contributed by atoms with Gasteiger partial charge in [-0.3, -0.25) is 0 Å². The van der Waals surface area contributed by atoms with Gasteiger partial charge in [-0.1, -0.05) is 6.92 Å². The molecule has 1 heterocycles. The topological polar surface area (TPSA) is 35.5 Å². The van der Waals surface area contributed by atoms with Crippen LogP contribution in [-0.4, -0.2) is 49.3 Å². The van der Waals surface area contributed by atoms with E-state index in [0.717, 1.165) is 30.2 Å². The summed E-state index contributed by atoms with van der Waals surface area (Å²) in [6.07, 6.45) is 6.39. The molecule has 1 saturated heterocycles. The van der Waals surface area contributed by atoms with Gasteiger partial charge < -0.3 is 15.3 Å². The molecule has 0 aromatic carbocycles. The maximum absolute atomic E-state index is 9.02. The summed E-state index contributed by atoms with van der Waals surface area (Å²) in [4.78, 5) is 2.63. The fraction of sp³-hybridized carbons (Fsp3) is 1.00. The summed E-state index contributed by atoms with van der Waals surface area (Å²) in [5.41, 5.74) is 0. The van der Waals surface area contributed by atoms with Crippen molar-refractivity contribution in [3.05, 3.63) is 0 Å². The van der Waals surface area contributed by atoms with Crippen molar-refractivity contribution in [1.29, 1.82) is 0 Å². The number of aliphatic hydroxyl groups is 1. The Bertz CT molecular complexity index is 247. The second-order valence-corrected chi connectivity index (χ2v) is 6.50. The third kappa shape index (κ3) is 3.69. The van der Waals surface area contributed by atoms with Crippen molar-refractivity contribution in [2.75, 3.05) is 33.3 Å². The molecule has 0 aromatic heterocycles. The number of rotatable bonds is 5. The lowest BCUT2D eigenvalue weighted by molar-refractivity contribution is 0.160. The van der Waals surface area contributed by atoms with Gasteiger partial charge in [-0.15, -0.1) is 0 Å². The Balaban J connectivity index is 1.80. The predicted octanol–water partition coefficient (Wildman–Crippen LogP) is 1.71. The molecular weight excluding hydrogens is 224 g/mol. The average molecular weight is 254 g/mol. The Morgan fingerprint density at radius 2 is 2.11 bits per heavy atom. The first-order valence-electron chi connectivity index (χ1n) is 7.73. The number of hydrogen-bond acceptors (Lipinski definition) is 3. The number of nitrogens with one attached hydrogen (secondary N) is 1. The van der Waals surface area contributed by atoms with Crippen LogP contribution in [0, 0.1) is 17.8 Å². The van der Waals surface area contributed by atoms with Gasteiger partial charge in [0.25, 0.3) is 0 Å². The molecule has 3 heteroatoms. The van der Waals surface area contributed by atoms with E-state index in [9.17, 15) is 0 Å². The van der Waals surface area contributed by atoms with Crippen LogP contribution in [0.3, 0.4) is 0 Å². The molecule has 2 N–H and O–H groups in total. The smallest absolute Gasteiger partial charge is 0.0434 e. The molecule has 0 spiro atoms. The van der Waals surface area contributed by atoms with Crippen molar-refractivity contribution in [1.82, 2.24) is 10.2 Å². The van der Waals surface area contributed by atoms with Crippen molar-refractivity contribution in [3.8, 4) is 0 Å². The van der Waals surface area contributed by atoms with E-state index in [2.05, 4.69) is 24.2 Å². The molecule has 0 radical (unpaired) electrons. The van der Waals surface area contributed by atoms with Gasteiger partial charge in [0.15, 0.2) is 0 Å². The molecule has 2 fully saturated rings. The Hall–Kier alpha value is -0.120. The van der Waals surface area contributed by atoms with Gasteiger partial charge in [-0.05, 0) is 63.5 Å². The van der Waals surface area contributed by atoms with E-state index < -0.39 is 0 Å². The van der Waals surface area contributed by atoms with Crippen LogP contribution in [0.4, 0.5) is 0 Å². The first-order valence-corrected chi connectivity index (χ1v) is 7.73. The van der Waals surface area contributed by atoms with E-state index in [4.69, 9.17) is 5.11 Å². The van der Waals surface area contributed by atoms with Gasteiger partial charge >= 0.3 is 0 Å². The molecule has 0 bridgehead atoms. The molecule has 18 heavy (non-hydrogen) atoms. The molecule has 0 aromatic rings. The monoisotopic (exact) mass is 254 g/mol. The first kappa shape index (κ1) is 14.3. The molecule has 1 aliphatic heterocycles. The summed E-state index contributed by atoms with van der Waals surface area (Å²) in [5.74, 6) is 2.46. The minimum absolute atomic E-state index is 0.359. The third-order valence-electron chi connectivity index (χ3n) is 5.02. The van der Waals surface area contributed by atoms with Crippen molar-refractivity contribution in [2.24, 2.45) is 17.8 Å². The number of aliphatic hydroxyl groups excluding tert-OH is 1. The molecule has 0 amide bonds. The maximum atomic E-state index is 9.02. The number of nitrogens with zero attached hydrogens (tertiary/aromatic N) is 1. The lowest BCUT2D eigenvalue weighted by atomic mass is 9.78. The second-order valence-electron chi connectivity index (χ2n) is 6.50. The average Bonchev–Trinajstić information content (AvgIpc) is 2.77. The van der Waals surface area contributed by atoms with E-state index in [1.165, 1.54) is 45.3 Å². The van der Waals surface area contributed by atoms with Crippen molar-refractivity contribution < 1.29 is 5.11 Å². The number of hydrogen-bond donors (Lipinski definition) is 2. The minimum atomic E-state index is 0.359. The van der Waals surface area contributed by atoms with Gasteiger partial charge in [0.2, 0.25) is 0 Å². The van der Waals surface area contributed by atoms with Gasteiger partial charge in [0, 0.05) is 25.7 Å². The van der Waals surface area contributed by atoms with Crippen LogP contribution in [0.2, 0.25) is 0 Å². The highest BCUT2D eigenvalue weighted by Crippen LogP contribution is 2.31. The first-order chi connectivity index (χ1) is 8.72. The zero-order chi connectivity index (χ0) is 13.0. The standard InChI is InChI=1S/C15H30N2O/c1-12-3-4-15(16-2)14(9-12)11-17-7-5-13(10-17)6-8-18/h12-16,18H,3-11H2,1-2H3. The van der Waals surface area contributed by atoms with Crippen molar-refractivity contribution in [2.45, 2.75) is 45.1 Å². The van der Waals surface area contributed by atoms with Crippen LogP contribution in [0.25, 0.3) is 0 Å². The minimum Gasteiger partial charge on any atom is -0.396 e. The predicted molar refractivity (Wildman–Crippen MR) is 75.6 cm³/mol. The quantitative estimate of drug-likeness (QED) is 0.784. The van der Waals surface area contributed by atoms with E-state index in [-0.39, 0.29) is 0 Å². The Kier molecular flexibility index (Phi) is 5.46. The molecule has 1 saturated carbocycles. The summed E-state index contributed by atoms with van der Waals surface area (Å²) in [7, 11) is 2.12. The SMILES string of the molecule is CNC1CCC(C)CC1CN1CCC(CCO)C1. The van der Waals surface area contributed by atoms with E-state index in [0.29, 0.717) is 6.61 Å². The largest absolute Gasteiger partial charge is 0.396 e. The molecule has 4 atom stereocenters. The molecule has 2 rings (SSSR count). The van der Waals surface area contributed by atoms with Crippen molar-refractivity contribution in [3.63, 3.8) is 0 Å². The van der Waals surface area contributed by atoms with Gasteiger partial charge in [-0.2, -0.15) is 0 Å². The van der Waals surface area contributed by atoms with Crippen LogP contribution >= 0.6 is 0 Å². The Morgan fingerprint density at radius 1 is 1.28 bits per heavy atom. The van der Waals surface area contributed by atoms with Crippen molar-refractivity contribution >= 4 is 0 Å². The Labute approximate surface area is 112 Å². The maximum Gasteiger partial charge on any atom is 0.0434 e. The number of likely N-dealkylation sites (tertiary alicyclic amines) is 1. The highest BCUT2D eigenvalue weighted by atomic mass is 16.3. The fourth-order valence-electron chi connectivity index (χ4n) is 3.91. The lowest BCUT2D eigenvalue weighted by Gasteiger charge is -2.37. The highest BCUT2D eigenvalue weighted by Gasteiger charge is 2.31. The van der Waals surface area contributed by atoms with E-state index >= 15 is 0 Å². The summed E-state index contributed by atoms with van der Waals surface area (Å²) in [5, 5.41) is 12.5. The Morgan fingerprint density at radius 3 is 2.83 bits per heavy atom. The van der Waals surface area contributed by atoms with Crippen LogP contribution in [-0.2, 0) is 0 Å². The molecule has 1 aliphatic carbocycles. The van der Waals surface area contributed by atoms with Gasteiger partial charge in [0.05, 0.1) is 0 Å². The molecule has 106 valence electrons. The lowest BCUT2D eigenvalue weighted by Crippen LogP contribution is -2.43. The third-order valence-corrected chi connectivity index (χ3v) is 5.02. The second kappa shape index (κ2) is 6.88. The van der Waals surface area contributed by atoms with Gasteiger partial charge in [0.1, 0.15) is 0 Å². The van der Waals surface area contributed by atoms with Gasteiger partial charge in [-0.25, -0.2) is 0 Å². The van der Waals surface area contributed by atoms with E-state index in [1.807, 2.05) is 0 Å². The summed E-state index contributed by atoms with van der Waals surface area (Å²) >= 11 is 0. The van der Waals surface area contributed by atoms with Crippen LogP contribution < -0.4 is 5.32 Å². The zero-order valence-corrected chi connectivity index (χ0v) is 12.1.